The highest BCUT2D eigenvalue weighted by atomic mass is 32.2. The molecule has 0 spiro atoms. The lowest BCUT2D eigenvalue weighted by Crippen LogP contribution is -2.41. The summed E-state index contributed by atoms with van der Waals surface area (Å²) in [5.41, 5.74) is 0.0938. The molecule has 0 atom stereocenters. The molecular formula is C21H21FN2O5S2. The first-order chi connectivity index (χ1) is 14.9. The smallest absolute Gasteiger partial charge is 0.254 e. The van der Waals surface area contributed by atoms with E-state index in [9.17, 15) is 17.6 Å². The summed E-state index contributed by atoms with van der Waals surface area (Å²) in [4.78, 5) is 15.3. The molecule has 31 heavy (non-hydrogen) atoms. The van der Waals surface area contributed by atoms with Crippen molar-refractivity contribution >= 4 is 27.3 Å². The van der Waals surface area contributed by atoms with Gasteiger partial charge in [-0.1, -0.05) is 6.07 Å². The lowest BCUT2D eigenvalue weighted by atomic mass is 10.2. The van der Waals surface area contributed by atoms with Crippen LogP contribution in [0.5, 0.6) is 0 Å². The van der Waals surface area contributed by atoms with Gasteiger partial charge in [0, 0.05) is 23.5 Å². The molecule has 0 bridgehead atoms. The van der Waals surface area contributed by atoms with Gasteiger partial charge in [-0.25, -0.2) is 12.8 Å². The van der Waals surface area contributed by atoms with E-state index < -0.39 is 26.6 Å². The molecule has 7 nitrogen and oxygen atoms in total. The van der Waals surface area contributed by atoms with Crippen LogP contribution in [-0.2, 0) is 27.8 Å². The van der Waals surface area contributed by atoms with Gasteiger partial charge in [0.1, 0.15) is 16.5 Å². The van der Waals surface area contributed by atoms with Crippen molar-refractivity contribution in [3.8, 4) is 0 Å². The number of thiophene rings is 1. The Kier molecular flexibility index (Phi) is 6.51. The number of amides is 1. The highest BCUT2D eigenvalue weighted by molar-refractivity contribution is 7.89. The van der Waals surface area contributed by atoms with Crippen LogP contribution in [-0.4, -0.2) is 49.8 Å². The average molecular weight is 465 g/mol. The highest BCUT2D eigenvalue weighted by Crippen LogP contribution is 2.24. The number of sulfonamides is 1. The fourth-order valence-corrected chi connectivity index (χ4v) is 5.54. The van der Waals surface area contributed by atoms with Crippen molar-refractivity contribution < 1.29 is 26.8 Å². The van der Waals surface area contributed by atoms with Crippen LogP contribution >= 0.6 is 11.3 Å². The Hall–Kier alpha value is -2.53. The first-order valence-electron chi connectivity index (χ1n) is 9.66. The summed E-state index contributed by atoms with van der Waals surface area (Å²) < 4.78 is 52.2. The minimum Gasteiger partial charge on any atom is -0.467 e. The Morgan fingerprint density at radius 2 is 1.94 bits per heavy atom. The summed E-state index contributed by atoms with van der Waals surface area (Å²) in [6.45, 7) is 1.30. The van der Waals surface area contributed by atoms with E-state index in [0.717, 1.165) is 17.0 Å². The zero-order chi connectivity index (χ0) is 21.8. The number of carbonyl (C=O) groups excluding carboxylic acids is 1. The van der Waals surface area contributed by atoms with E-state index in [1.165, 1.54) is 28.0 Å². The normalized spacial score (nSPS) is 15.1. The molecule has 1 saturated heterocycles. The molecule has 3 aromatic rings. The van der Waals surface area contributed by atoms with Gasteiger partial charge >= 0.3 is 0 Å². The van der Waals surface area contributed by atoms with Gasteiger partial charge < -0.3 is 14.1 Å². The molecule has 10 heteroatoms. The monoisotopic (exact) mass is 464 g/mol. The number of nitrogens with zero attached hydrogens (tertiary/aromatic N) is 2. The second-order valence-electron chi connectivity index (χ2n) is 6.98. The van der Waals surface area contributed by atoms with Gasteiger partial charge in [0.25, 0.3) is 5.91 Å². The van der Waals surface area contributed by atoms with Crippen LogP contribution < -0.4 is 0 Å². The van der Waals surface area contributed by atoms with E-state index in [1.54, 1.807) is 17.0 Å². The molecule has 1 fully saturated rings. The maximum Gasteiger partial charge on any atom is 0.254 e. The first-order valence-corrected chi connectivity index (χ1v) is 12.0. The minimum atomic E-state index is -4.08. The Labute approximate surface area is 183 Å². The zero-order valence-corrected chi connectivity index (χ0v) is 18.2. The third-order valence-corrected chi connectivity index (χ3v) is 7.68. The molecule has 0 radical (unpaired) electrons. The summed E-state index contributed by atoms with van der Waals surface area (Å²) >= 11 is 1.51. The molecule has 0 aliphatic carbocycles. The van der Waals surface area contributed by atoms with Gasteiger partial charge in [-0.05, 0) is 41.8 Å². The zero-order valence-electron chi connectivity index (χ0n) is 16.6. The predicted molar refractivity (Wildman–Crippen MR) is 113 cm³/mol. The average Bonchev–Trinajstić information content (AvgIpc) is 3.48. The highest BCUT2D eigenvalue weighted by Gasteiger charge is 2.30. The van der Waals surface area contributed by atoms with E-state index in [0.29, 0.717) is 12.3 Å². The lowest BCUT2D eigenvalue weighted by molar-refractivity contribution is 0.0717. The molecule has 164 valence electrons. The second kappa shape index (κ2) is 9.31. The van der Waals surface area contributed by atoms with Crippen LogP contribution in [0.1, 0.15) is 21.0 Å². The van der Waals surface area contributed by atoms with Crippen molar-refractivity contribution in [3.05, 3.63) is 76.1 Å². The molecular weight excluding hydrogens is 443 g/mol. The van der Waals surface area contributed by atoms with Crippen molar-refractivity contribution in [1.82, 2.24) is 9.21 Å². The van der Waals surface area contributed by atoms with E-state index in [-0.39, 0.29) is 38.4 Å². The number of benzene rings is 1. The Morgan fingerprint density at radius 3 is 2.61 bits per heavy atom. The molecule has 4 rings (SSSR count). The molecule has 0 saturated carbocycles. The number of morpholine rings is 1. The Bertz CT molecular complexity index is 1090. The quantitative estimate of drug-likeness (QED) is 0.536. The number of hydrogen-bond donors (Lipinski definition) is 0. The van der Waals surface area contributed by atoms with Gasteiger partial charge in [0.15, 0.2) is 0 Å². The second-order valence-corrected chi connectivity index (χ2v) is 9.92. The maximum absolute atomic E-state index is 14.5. The fourth-order valence-electron chi connectivity index (χ4n) is 3.32. The SMILES string of the molecule is O=C(c1ccc(F)c(S(=O)(=O)N2CCOCC2)c1)N(Cc1ccco1)Cc1cccs1. The number of furan rings is 1. The van der Waals surface area contributed by atoms with Crippen LogP contribution in [0.2, 0.25) is 0 Å². The van der Waals surface area contributed by atoms with E-state index in [2.05, 4.69) is 0 Å². The third-order valence-electron chi connectivity index (χ3n) is 4.91. The summed E-state index contributed by atoms with van der Waals surface area (Å²) in [5.74, 6) is -0.713. The maximum atomic E-state index is 14.5. The van der Waals surface area contributed by atoms with Crippen LogP contribution in [0.4, 0.5) is 4.39 Å². The predicted octanol–water partition coefficient (Wildman–Crippen LogP) is 3.34. The van der Waals surface area contributed by atoms with Gasteiger partial charge in [0.2, 0.25) is 10.0 Å². The van der Waals surface area contributed by atoms with Crippen molar-refractivity contribution in [1.29, 1.82) is 0 Å². The molecule has 1 aromatic carbocycles. The summed E-state index contributed by atoms with van der Waals surface area (Å²) in [7, 11) is -4.08. The van der Waals surface area contributed by atoms with Crippen molar-refractivity contribution in [2.45, 2.75) is 18.0 Å². The molecule has 1 aliphatic rings. The molecule has 0 N–H and O–H groups in total. The Balaban J connectivity index is 1.64. The van der Waals surface area contributed by atoms with Gasteiger partial charge in [0.05, 0.1) is 32.6 Å². The number of halogens is 1. The first kappa shape index (κ1) is 21.7. The number of hydrogen-bond acceptors (Lipinski definition) is 6. The molecule has 2 aromatic heterocycles. The molecule has 1 aliphatic heterocycles. The number of ether oxygens (including phenoxy) is 1. The van der Waals surface area contributed by atoms with Crippen LogP contribution in [0, 0.1) is 5.82 Å². The topological polar surface area (TPSA) is 80.1 Å². The van der Waals surface area contributed by atoms with Crippen molar-refractivity contribution in [3.63, 3.8) is 0 Å². The lowest BCUT2D eigenvalue weighted by Gasteiger charge is -2.26. The van der Waals surface area contributed by atoms with Crippen molar-refractivity contribution in [2.75, 3.05) is 26.3 Å². The number of rotatable bonds is 7. The van der Waals surface area contributed by atoms with Crippen LogP contribution in [0.15, 0.2) is 63.4 Å². The van der Waals surface area contributed by atoms with Crippen molar-refractivity contribution in [2.24, 2.45) is 0 Å². The largest absolute Gasteiger partial charge is 0.467 e. The molecule has 0 unspecified atom stereocenters. The third kappa shape index (κ3) is 4.87. The minimum absolute atomic E-state index is 0.0938. The summed E-state index contributed by atoms with van der Waals surface area (Å²) in [5, 5.41) is 1.91. The van der Waals surface area contributed by atoms with E-state index in [1.807, 2.05) is 17.5 Å². The molecule has 3 heterocycles. The van der Waals surface area contributed by atoms with E-state index >= 15 is 0 Å². The molecule has 1 amide bonds. The van der Waals surface area contributed by atoms with Crippen LogP contribution in [0.25, 0.3) is 0 Å². The fraction of sp³-hybridized carbons (Fsp3) is 0.286. The van der Waals surface area contributed by atoms with Gasteiger partial charge in [-0.3, -0.25) is 4.79 Å². The Morgan fingerprint density at radius 1 is 1.13 bits per heavy atom. The summed E-state index contributed by atoms with van der Waals surface area (Å²) in [6.07, 6.45) is 1.52. The van der Waals surface area contributed by atoms with E-state index in [4.69, 9.17) is 9.15 Å². The summed E-state index contributed by atoms with van der Waals surface area (Å²) in [6, 6.07) is 10.7. The van der Waals surface area contributed by atoms with Gasteiger partial charge in [-0.2, -0.15) is 4.31 Å². The van der Waals surface area contributed by atoms with Gasteiger partial charge in [-0.15, -0.1) is 11.3 Å². The number of carbonyl (C=O) groups is 1. The van der Waals surface area contributed by atoms with Crippen LogP contribution in [0.3, 0.4) is 0 Å². The standard InChI is InChI=1S/C21H21FN2O5S2/c22-19-6-5-16(13-20(19)31(26,27)24-7-10-28-11-8-24)21(25)23(14-17-3-1-9-29-17)15-18-4-2-12-30-18/h1-6,9,12-13H,7-8,10-11,14-15H2.